The monoisotopic (exact) mass is 444 g/mol. The molecule has 1 amide bonds. The Bertz CT molecular complexity index is 956. The normalized spacial score (nSPS) is 15.8. The molecule has 31 heavy (non-hydrogen) atoms. The Labute approximate surface area is 185 Å². The van der Waals surface area contributed by atoms with Gasteiger partial charge in [0.15, 0.2) is 0 Å². The summed E-state index contributed by atoms with van der Waals surface area (Å²) in [7, 11) is 0.590. The number of carbonyl (C=O) groups is 1. The number of piperazine rings is 1. The van der Waals surface area contributed by atoms with E-state index >= 15 is 0 Å². The molecule has 0 bridgehead atoms. The van der Waals surface area contributed by atoms with Crippen LogP contribution in [0.25, 0.3) is 0 Å². The van der Waals surface area contributed by atoms with Crippen molar-refractivity contribution in [2.45, 2.75) is 17.9 Å². The third-order valence-corrected chi connectivity index (χ3v) is 7.29. The fourth-order valence-corrected chi connectivity index (χ4v) is 5.08. The SMILES string of the molecule is CN(C)CCCNC(=O)c1cccc(CN2CCN(S(=O)(=O)c3ccccc3)CC2)c1. The molecule has 2 aromatic carbocycles. The lowest BCUT2D eigenvalue weighted by Gasteiger charge is -2.34. The van der Waals surface area contributed by atoms with Crippen LogP contribution in [0.5, 0.6) is 0 Å². The van der Waals surface area contributed by atoms with Crippen LogP contribution in [0.3, 0.4) is 0 Å². The fraction of sp³-hybridized carbons (Fsp3) is 0.435. The van der Waals surface area contributed by atoms with Crippen LogP contribution in [0, 0.1) is 0 Å². The molecule has 1 aliphatic rings. The first kappa shape index (κ1) is 23.4. The lowest BCUT2D eigenvalue weighted by Crippen LogP contribution is -2.48. The van der Waals surface area contributed by atoms with Crippen LogP contribution < -0.4 is 5.32 Å². The van der Waals surface area contributed by atoms with E-state index in [0.29, 0.717) is 49.7 Å². The molecule has 2 aromatic rings. The van der Waals surface area contributed by atoms with E-state index < -0.39 is 10.0 Å². The van der Waals surface area contributed by atoms with Gasteiger partial charge in [0.1, 0.15) is 0 Å². The van der Waals surface area contributed by atoms with Crippen LogP contribution >= 0.6 is 0 Å². The zero-order chi connectivity index (χ0) is 22.3. The zero-order valence-corrected chi connectivity index (χ0v) is 19.1. The molecule has 0 radical (unpaired) electrons. The average Bonchev–Trinajstić information content (AvgIpc) is 2.77. The van der Waals surface area contributed by atoms with Gasteiger partial charge in [-0.25, -0.2) is 8.42 Å². The summed E-state index contributed by atoms with van der Waals surface area (Å²) in [5.74, 6) is -0.0561. The van der Waals surface area contributed by atoms with Crippen molar-refractivity contribution in [1.82, 2.24) is 19.4 Å². The lowest BCUT2D eigenvalue weighted by atomic mass is 10.1. The van der Waals surface area contributed by atoms with Gasteiger partial charge in [-0.05, 0) is 56.9 Å². The number of nitrogens with zero attached hydrogens (tertiary/aromatic N) is 3. The van der Waals surface area contributed by atoms with Crippen molar-refractivity contribution in [3.8, 4) is 0 Å². The van der Waals surface area contributed by atoms with Gasteiger partial charge >= 0.3 is 0 Å². The summed E-state index contributed by atoms with van der Waals surface area (Å²) >= 11 is 0. The minimum Gasteiger partial charge on any atom is -0.352 e. The van der Waals surface area contributed by atoms with Crippen molar-refractivity contribution >= 4 is 15.9 Å². The Balaban J connectivity index is 1.51. The smallest absolute Gasteiger partial charge is 0.251 e. The van der Waals surface area contributed by atoms with E-state index in [2.05, 4.69) is 15.1 Å². The predicted octanol–water partition coefficient (Wildman–Crippen LogP) is 1.87. The fourth-order valence-electron chi connectivity index (χ4n) is 3.64. The summed E-state index contributed by atoms with van der Waals surface area (Å²) in [4.78, 5) is 17.1. The Kier molecular flexibility index (Phi) is 8.20. The van der Waals surface area contributed by atoms with Gasteiger partial charge in [0, 0.05) is 44.8 Å². The summed E-state index contributed by atoms with van der Waals surface area (Å²) < 4.78 is 27.1. The molecule has 1 heterocycles. The van der Waals surface area contributed by atoms with Gasteiger partial charge in [0.2, 0.25) is 10.0 Å². The van der Waals surface area contributed by atoms with Crippen molar-refractivity contribution in [3.05, 3.63) is 65.7 Å². The van der Waals surface area contributed by atoms with E-state index in [0.717, 1.165) is 18.5 Å². The molecule has 0 aromatic heterocycles. The van der Waals surface area contributed by atoms with Gasteiger partial charge in [-0.2, -0.15) is 4.31 Å². The van der Waals surface area contributed by atoms with Gasteiger partial charge < -0.3 is 10.2 Å². The largest absolute Gasteiger partial charge is 0.352 e. The molecule has 1 N–H and O–H groups in total. The van der Waals surface area contributed by atoms with Gasteiger partial charge in [0.05, 0.1) is 4.90 Å². The van der Waals surface area contributed by atoms with Gasteiger partial charge in [-0.1, -0.05) is 30.3 Å². The number of sulfonamides is 1. The molecule has 8 heteroatoms. The molecule has 0 unspecified atom stereocenters. The molecule has 7 nitrogen and oxygen atoms in total. The molecule has 0 spiro atoms. The maximum atomic E-state index is 12.8. The van der Waals surface area contributed by atoms with Crippen LogP contribution in [-0.2, 0) is 16.6 Å². The number of benzene rings is 2. The molecule has 0 aliphatic carbocycles. The number of carbonyl (C=O) groups excluding carboxylic acids is 1. The molecule has 168 valence electrons. The second-order valence-electron chi connectivity index (χ2n) is 8.11. The van der Waals surface area contributed by atoms with E-state index in [9.17, 15) is 13.2 Å². The van der Waals surface area contributed by atoms with Crippen LogP contribution in [0.15, 0.2) is 59.5 Å². The van der Waals surface area contributed by atoms with Crippen molar-refractivity contribution in [2.24, 2.45) is 0 Å². The third-order valence-electron chi connectivity index (χ3n) is 5.38. The topological polar surface area (TPSA) is 73.0 Å². The summed E-state index contributed by atoms with van der Waals surface area (Å²) in [6, 6.07) is 16.2. The Hall–Kier alpha value is -2.26. The maximum Gasteiger partial charge on any atom is 0.251 e. The molecular formula is C23H32N4O3S. The lowest BCUT2D eigenvalue weighted by molar-refractivity contribution is 0.0952. The van der Waals surface area contributed by atoms with E-state index in [1.165, 1.54) is 0 Å². The van der Waals surface area contributed by atoms with Gasteiger partial charge in [-0.3, -0.25) is 9.69 Å². The second kappa shape index (κ2) is 10.9. The summed E-state index contributed by atoms with van der Waals surface area (Å²) in [6.07, 6.45) is 0.911. The van der Waals surface area contributed by atoms with Gasteiger partial charge in [0.25, 0.3) is 5.91 Å². The highest BCUT2D eigenvalue weighted by Gasteiger charge is 2.28. The minimum absolute atomic E-state index is 0.0561. The molecule has 3 rings (SSSR count). The van der Waals surface area contributed by atoms with Crippen LogP contribution in [0.1, 0.15) is 22.3 Å². The second-order valence-corrected chi connectivity index (χ2v) is 10.0. The molecule has 0 saturated carbocycles. The summed E-state index contributed by atoms with van der Waals surface area (Å²) in [6.45, 7) is 4.53. The molecule has 1 saturated heterocycles. The number of hydrogen-bond acceptors (Lipinski definition) is 5. The molecule has 0 atom stereocenters. The van der Waals surface area contributed by atoms with Crippen molar-refractivity contribution in [3.63, 3.8) is 0 Å². The van der Waals surface area contributed by atoms with E-state index in [-0.39, 0.29) is 5.91 Å². The van der Waals surface area contributed by atoms with E-state index in [1.807, 2.05) is 44.4 Å². The highest BCUT2D eigenvalue weighted by atomic mass is 32.2. The highest BCUT2D eigenvalue weighted by molar-refractivity contribution is 7.89. The number of amides is 1. The minimum atomic E-state index is -3.44. The van der Waals surface area contributed by atoms with Crippen molar-refractivity contribution in [2.75, 3.05) is 53.4 Å². The van der Waals surface area contributed by atoms with E-state index in [1.54, 1.807) is 28.6 Å². The van der Waals surface area contributed by atoms with E-state index in [4.69, 9.17) is 0 Å². The van der Waals surface area contributed by atoms with Crippen LogP contribution in [0.4, 0.5) is 0 Å². The molecule has 1 aliphatic heterocycles. The Morgan fingerprint density at radius 1 is 1.00 bits per heavy atom. The first-order valence-electron chi connectivity index (χ1n) is 10.7. The number of rotatable bonds is 9. The molecular weight excluding hydrogens is 412 g/mol. The van der Waals surface area contributed by atoms with Crippen LogP contribution in [0.2, 0.25) is 0 Å². The Morgan fingerprint density at radius 3 is 2.39 bits per heavy atom. The van der Waals surface area contributed by atoms with Crippen LogP contribution in [-0.4, -0.2) is 81.8 Å². The quantitative estimate of drug-likeness (QED) is 0.598. The maximum absolute atomic E-state index is 12.8. The predicted molar refractivity (Wildman–Crippen MR) is 122 cm³/mol. The Morgan fingerprint density at radius 2 is 1.71 bits per heavy atom. The summed E-state index contributed by atoms with van der Waals surface area (Å²) in [5.41, 5.74) is 1.72. The third kappa shape index (κ3) is 6.61. The van der Waals surface area contributed by atoms with Crippen molar-refractivity contribution in [1.29, 1.82) is 0 Å². The zero-order valence-electron chi connectivity index (χ0n) is 18.3. The van der Waals surface area contributed by atoms with Gasteiger partial charge in [-0.15, -0.1) is 0 Å². The number of nitrogens with one attached hydrogen (secondary N) is 1. The first-order valence-corrected chi connectivity index (χ1v) is 12.1. The van der Waals surface area contributed by atoms with Crippen molar-refractivity contribution < 1.29 is 13.2 Å². The summed E-state index contributed by atoms with van der Waals surface area (Å²) in [5, 5.41) is 2.97. The molecule has 1 fully saturated rings. The number of hydrogen-bond donors (Lipinski definition) is 1. The standard InChI is InChI=1S/C23H32N4O3S/c1-25(2)13-7-12-24-23(28)21-9-6-8-20(18-21)19-26-14-16-27(17-15-26)31(29,30)22-10-4-3-5-11-22/h3-6,8-11,18H,7,12-17,19H2,1-2H3,(H,24,28). The first-order chi connectivity index (χ1) is 14.9. The average molecular weight is 445 g/mol. The highest BCUT2D eigenvalue weighted by Crippen LogP contribution is 2.18.